The van der Waals surface area contributed by atoms with Crippen molar-refractivity contribution in [3.8, 4) is 0 Å². The van der Waals surface area contributed by atoms with E-state index >= 15 is 0 Å². The minimum absolute atomic E-state index is 0.0461. The molecule has 1 aromatic heterocycles. The van der Waals surface area contributed by atoms with Gasteiger partial charge in [-0.25, -0.2) is 0 Å². The van der Waals surface area contributed by atoms with Crippen LogP contribution in [-0.4, -0.2) is 27.3 Å². The number of nitrogens with one attached hydrogen (secondary N) is 1. The first kappa shape index (κ1) is 20.2. The van der Waals surface area contributed by atoms with Gasteiger partial charge in [0.05, 0.1) is 23.7 Å². The van der Waals surface area contributed by atoms with Gasteiger partial charge in [-0.05, 0) is 36.8 Å². The second-order valence-corrected chi connectivity index (χ2v) is 8.08. The Balaban J connectivity index is 1.71. The van der Waals surface area contributed by atoms with Crippen molar-refractivity contribution < 1.29 is 9.59 Å². The summed E-state index contributed by atoms with van der Waals surface area (Å²) in [5.41, 5.74) is 6.84. The number of primary amides is 1. The Hall–Kier alpha value is -2.58. The van der Waals surface area contributed by atoms with Crippen LogP contribution in [0.3, 0.4) is 0 Å². The number of anilines is 1. The smallest absolute Gasteiger partial charge is 0.271 e. The molecular weight excluding hydrogens is 440 g/mol. The van der Waals surface area contributed by atoms with E-state index in [0.717, 1.165) is 14.9 Å². The van der Waals surface area contributed by atoms with Crippen molar-refractivity contribution in [1.29, 1.82) is 0 Å². The summed E-state index contributed by atoms with van der Waals surface area (Å²) in [4.78, 5) is 25.1. The van der Waals surface area contributed by atoms with Gasteiger partial charge in [0.15, 0.2) is 5.69 Å². The maximum Gasteiger partial charge on any atom is 0.271 e. The topological polar surface area (TPSA) is 90.0 Å². The Kier molecular flexibility index (Phi) is 6.53. The number of benzene rings is 2. The maximum atomic E-state index is 12.3. The summed E-state index contributed by atoms with van der Waals surface area (Å²) in [6.07, 6.45) is 1.64. The van der Waals surface area contributed by atoms with Gasteiger partial charge in [-0.3, -0.25) is 14.3 Å². The Morgan fingerprint density at radius 3 is 2.50 bits per heavy atom. The Morgan fingerprint density at radius 2 is 1.86 bits per heavy atom. The molecule has 1 unspecified atom stereocenters. The third kappa shape index (κ3) is 5.02. The second kappa shape index (κ2) is 9.07. The van der Waals surface area contributed by atoms with Gasteiger partial charge in [0, 0.05) is 9.37 Å². The van der Waals surface area contributed by atoms with Crippen molar-refractivity contribution in [3.05, 3.63) is 76.5 Å². The minimum Gasteiger partial charge on any atom is -0.364 e. The van der Waals surface area contributed by atoms with Gasteiger partial charge >= 0.3 is 0 Å². The molecule has 28 heavy (non-hydrogen) atoms. The van der Waals surface area contributed by atoms with Crippen molar-refractivity contribution in [2.75, 3.05) is 11.1 Å². The van der Waals surface area contributed by atoms with E-state index in [1.165, 1.54) is 11.8 Å². The molecule has 0 aliphatic carbocycles. The highest BCUT2D eigenvalue weighted by Crippen LogP contribution is 2.23. The van der Waals surface area contributed by atoms with Gasteiger partial charge in [0.1, 0.15) is 0 Å². The van der Waals surface area contributed by atoms with E-state index in [1.54, 1.807) is 10.9 Å². The van der Waals surface area contributed by atoms with Crippen LogP contribution in [0.25, 0.3) is 0 Å². The van der Waals surface area contributed by atoms with Crippen molar-refractivity contribution in [2.45, 2.75) is 17.9 Å². The van der Waals surface area contributed by atoms with Crippen LogP contribution in [0.2, 0.25) is 0 Å². The first-order valence-corrected chi connectivity index (χ1v) is 10.3. The molecule has 2 amide bonds. The number of hydrogen-bond acceptors (Lipinski definition) is 4. The lowest BCUT2D eigenvalue weighted by Crippen LogP contribution is -2.19. The molecule has 1 heterocycles. The summed E-state index contributed by atoms with van der Waals surface area (Å²) in [6.45, 7) is 1.96. The Labute approximate surface area is 175 Å². The number of hydrogen-bond donors (Lipinski definition) is 2. The molecule has 3 N–H and O–H groups in total. The number of nitrogens with two attached hydrogens (primary N) is 1. The van der Waals surface area contributed by atoms with E-state index in [4.69, 9.17) is 5.73 Å². The van der Waals surface area contributed by atoms with E-state index in [1.807, 2.05) is 61.5 Å². The largest absolute Gasteiger partial charge is 0.364 e. The van der Waals surface area contributed by atoms with Crippen LogP contribution in [0, 0.1) is 0 Å². The maximum absolute atomic E-state index is 12.3. The highest BCUT2D eigenvalue weighted by molar-refractivity contribution is 9.10. The fourth-order valence-corrected chi connectivity index (χ4v) is 3.58. The Morgan fingerprint density at radius 1 is 1.18 bits per heavy atom. The summed E-state index contributed by atoms with van der Waals surface area (Å²) in [5.74, 6) is -0.712. The van der Waals surface area contributed by atoms with Crippen LogP contribution in [0.5, 0.6) is 0 Å². The molecule has 6 nitrogen and oxygen atoms in total. The van der Waals surface area contributed by atoms with Crippen LogP contribution in [0.15, 0.2) is 70.2 Å². The van der Waals surface area contributed by atoms with Gasteiger partial charge in [-0.15, -0.1) is 11.8 Å². The first-order chi connectivity index (χ1) is 13.4. The highest BCUT2D eigenvalue weighted by atomic mass is 79.9. The Bertz CT molecular complexity index is 974. The molecule has 2 aromatic carbocycles. The molecule has 0 aliphatic rings. The van der Waals surface area contributed by atoms with Crippen LogP contribution in [-0.2, 0) is 4.79 Å². The van der Waals surface area contributed by atoms with Gasteiger partial charge in [0.2, 0.25) is 5.91 Å². The van der Waals surface area contributed by atoms with Crippen molar-refractivity contribution in [3.63, 3.8) is 0 Å². The number of carbonyl (C=O) groups excluding carboxylic acids is 2. The minimum atomic E-state index is -0.685. The highest BCUT2D eigenvalue weighted by Gasteiger charge is 2.19. The second-order valence-electron chi connectivity index (χ2n) is 6.11. The third-order valence-corrected chi connectivity index (χ3v) is 5.64. The van der Waals surface area contributed by atoms with Crippen LogP contribution in [0.1, 0.15) is 29.0 Å². The molecule has 3 aromatic rings. The lowest BCUT2D eigenvalue weighted by molar-refractivity contribution is -0.113. The molecular formula is C20H19BrN4O2S. The molecule has 0 aliphatic heterocycles. The number of halogens is 1. The van der Waals surface area contributed by atoms with Gasteiger partial charge in [0.25, 0.3) is 5.91 Å². The van der Waals surface area contributed by atoms with E-state index in [0.29, 0.717) is 5.69 Å². The van der Waals surface area contributed by atoms with E-state index in [-0.39, 0.29) is 23.4 Å². The summed E-state index contributed by atoms with van der Waals surface area (Å²) in [6, 6.07) is 17.3. The molecule has 8 heteroatoms. The summed E-state index contributed by atoms with van der Waals surface area (Å²) in [5, 5.41) is 7.03. The molecule has 0 saturated carbocycles. The van der Waals surface area contributed by atoms with Crippen LogP contribution < -0.4 is 11.1 Å². The first-order valence-electron chi connectivity index (χ1n) is 8.56. The van der Waals surface area contributed by atoms with Crippen LogP contribution in [0.4, 0.5) is 5.69 Å². The monoisotopic (exact) mass is 458 g/mol. The van der Waals surface area contributed by atoms with Crippen molar-refractivity contribution >= 4 is 45.2 Å². The zero-order chi connectivity index (χ0) is 20.1. The average molecular weight is 459 g/mol. The normalized spacial score (nSPS) is 11.8. The number of amides is 2. The van der Waals surface area contributed by atoms with Crippen LogP contribution >= 0.6 is 27.7 Å². The molecule has 0 bridgehead atoms. The SMILES string of the molecule is CC(c1ccccc1)n1cc(NC(=O)CSc2ccc(Br)cc2)c(C(N)=O)n1. The van der Waals surface area contributed by atoms with E-state index < -0.39 is 5.91 Å². The number of nitrogens with zero attached hydrogens (tertiary/aromatic N) is 2. The fourth-order valence-electron chi connectivity index (χ4n) is 2.61. The predicted octanol–water partition coefficient (Wildman–Crippen LogP) is 4.08. The third-order valence-electron chi connectivity index (χ3n) is 4.10. The molecule has 0 fully saturated rings. The zero-order valence-electron chi connectivity index (χ0n) is 15.1. The standard InChI is InChI=1S/C20H19BrN4O2S/c1-13(14-5-3-2-4-6-14)25-11-17(19(24-25)20(22)27)23-18(26)12-28-16-9-7-15(21)8-10-16/h2-11,13H,12H2,1H3,(H2,22,27)(H,23,26). The molecule has 3 rings (SSSR count). The molecule has 0 spiro atoms. The summed E-state index contributed by atoms with van der Waals surface area (Å²) < 4.78 is 2.61. The number of thioether (sulfide) groups is 1. The predicted molar refractivity (Wildman–Crippen MR) is 114 cm³/mol. The lowest BCUT2D eigenvalue weighted by Gasteiger charge is -2.12. The number of aromatic nitrogens is 2. The van der Waals surface area contributed by atoms with Gasteiger partial charge in [-0.2, -0.15) is 5.10 Å². The van der Waals surface area contributed by atoms with Gasteiger partial charge in [-0.1, -0.05) is 46.3 Å². The zero-order valence-corrected chi connectivity index (χ0v) is 17.5. The van der Waals surface area contributed by atoms with Crippen molar-refractivity contribution in [2.24, 2.45) is 5.73 Å². The fraction of sp³-hybridized carbons (Fsp3) is 0.150. The summed E-state index contributed by atoms with van der Waals surface area (Å²) in [7, 11) is 0. The van der Waals surface area contributed by atoms with E-state index in [9.17, 15) is 9.59 Å². The molecule has 1 atom stereocenters. The number of carbonyl (C=O) groups is 2. The quantitative estimate of drug-likeness (QED) is 0.521. The molecule has 0 radical (unpaired) electrons. The molecule has 144 valence electrons. The lowest BCUT2D eigenvalue weighted by atomic mass is 10.1. The van der Waals surface area contributed by atoms with Gasteiger partial charge < -0.3 is 11.1 Å². The van der Waals surface area contributed by atoms with Crippen molar-refractivity contribution in [1.82, 2.24) is 9.78 Å². The summed E-state index contributed by atoms with van der Waals surface area (Å²) >= 11 is 4.78. The number of rotatable bonds is 7. The average Bonchev–Trinajstić information content (AvgIpc) is 3.11. The molecule has 0 saturated heterocycles. The van der Waals surface area contributed by atoms with E-state index in [2.05, 4.69) is 26.3 Å².